The van der Waals surface area contributed by atoms with E-state index in [4.69, 9.17) is 4.74 Å². The summed E-state index contributed by atoms with van der Waals surface area (Å²) in [5.74, 6) is 0.473. The van der Waals surface area contributed by atoms with Gasteiger partial charge in [0, 0.05) is 11.3 Å². The summed E-state index contributed by atoms with van der Waals surface area (Å²) in [6.45, 7) is 3.03. The zero-order valence-electron chi connectivity index (χ0n) is 16.2. The number of hydrogen-bond acceptors (Lipinski definition) is 4. The Morgan fingerprint density at radius 3 is 2.55 bits per heavy atom. The molecule has 0 radical (unpaired) electrons. The number of amides is 2. The minimum Gasteiger partial charge on any atom is -0.494 e. The molecule has 1 heterocycles. The molecule has 0 saturated heterocycles. The van der Waals surface area contributed by atoms with E-state index < -0.39 is 0 Å². The fourth-order valence-corrected chi connectivity index (χ4v) is 2.59. The first-order chi connectivity index (χ1) is 14.1. The summed E-state index contributed by atoms with van der Waals surface area (Å²) in [4.78, 5) is 20.5. The van der Waals surface area contributed by atoms with Crippen LogP contribution in [0.1, 0.15) is 25.5 Å². The average molecular weight is 394 g/mol. The van der Waals surface area contributed by atoms with E-state index in [1.54, 1.807) is 30.3 Å². The number of urea groups is 1. The Balaban J connectivity index is 1.51. The number of nitrogens with one attached hydrogen (secondary N) is 2. The summed E-state index contributed by atoms with van der Waals surface area (Å²) in [5, 5.41) is 5.53. The number of halogens is 1. The second-order valence-corrected chi connectivity index (χ2v) is 6.44. The van der Waals surface area contributed by atoms with Gasteiger partial charge in [0.15, 0.2) is 0 Å². The molecule has 1 aromatic heterocycles. The van der Waals surface area contributed by atoms with Gasteiger partial charge in [-0.3, -0.25) is 0 Å². The van der Waals surface area contributed by atoms with Gasteiger partial charge in [-0.2, -0.15) is 0 Å². The molecule has 6 nitrogen and oxygen atoms in total. The normalized spacial score (nSPS) is 10.4. The Hall–Kier alpha value is -3.48. The maximum absolute atomic E-state index is 13.1. The van der Waals surface area contributed by atoms with Crippen molar-refractivity contribution in [2.45, 2.75) is 26.3 Å². The van der Waals surface area contributed by atoms with Gasteiger partial charge in [-0.05, 0) is 61.0 Å². The molecule has 0 aliphatic heterocycles. The second kappa shape index (κ2) is 10.2. The number of carbonyl (C=O) groups is 1. The van der Waals surface area contributed by atoms with Gasteiger partial charge in [0.2, 0.25) is 0 Å². The summed E-state index contributed by atoms with van der Waals surface area (Å²) in [5.41, 5.74) is 2.76. The van der Waals surface area contributed by atoms with Crippen LogP contribution in [0.3, 0.4) is 0 Å². The SMILES string of the molecule is CCCCOc1ccc(NC(=O)NCc2cc(-c3ccc(F)cc3)ncn2)cc1. The number of aromatic nitrogens is 2. The Bertz CT molecular complexity index is 930. The van der Waals surface area contributed by atoms with E-state index in [-0.39, 0.29) is 18.4 Å². The van der Waals surface area contributed by atoms with Gasteiger partial charge in [-0.1, -0.05) is 13.3 Å². The average Bonchev–Trinajstić information content (AvgIpc) is 2.74. The van der Waals surface area contributed by atoms with Crippen LogP contribution in [-0.4, -0.2) is 22.6 Å². The minimum atomic E-state index is -0.341. The zero-order valence-corrected chi connectivity index (χ0v) is 16.2. The summed E-state index contributed by atoms with van der Waals surface area (Å²) in [7, 11) is 0. The third kappa shape index (κ3) is 6.27. The molecule has 7 heteroatoms. The van der Waals surface area contributed by atoms with Crippen LogP contribution in [0, 0.1) is 5.82 Å². The molecule has 3 rings (SSSR count). The maximum Gasteiger partial charge on any atom is 0.319 e. The summed E-state index contributed by atoms with van der Waals surface area (Å²) >= 11 is 0. The van der Waals surface area contributed by atoms with Crippen LogP contribution in [0.15, 0.2) is 60.9 Å². The van der Waals surface area contributed by atoms with E-state index in [0.29, 0.717) is 23.7 Å². The fraction of sp³-hybridized carbons (Fsp3) is 0.227. The number of carbonyl (C=O) groups excluding carboxylic acids is 1. The molecule has 3 aromatic rings. The predicted octanol–water partition coefficient (Wildman–Crippen LogP) is 4.78. The lowest BCUT2D eigenvalue weighted by atomic mass is 10.1. The molecular weight excluding hydrogens is 371 g/mol. The lowest BCUT2D eigenvalue weighted by molar-refractivity contribution is 0.251. The minimum absolute atomic E-state index is 0.237. The Morgan fingerprint density at radius 2 is 1.83 bits per heavy atom. The molecule has 0 spiro atoms. The first kappa shape index (κ1) is 20.3. The van der Waals surface area contributed by atoms with Crippen molar-refractivity contribution >= 4 is 11.7 Å². The van der Waals surface area contributed by atoms with E-state index in [9.17, 15) is 9.18 Å². The molecule has 0 bridgehead atoms. The van der Waals surface area contributed by atoms with Crippen LogP contribution in [-0.2, 0) is 6.54 Å². The van der Waals surface area contributed by atoms with Crippen LogP contribution in [0.5, 0.6) is 5.75 Å². The van der Waals surface area contributed by atoms with Crippen LogP contribution in [0.4, 0.5) is 14.9 Å². The van der Waals surface area contributed by atoms with Gasteiger partial charge in [0.1, 0.15) is 17.9 Å². The van der Waals surface area contributed by atoms with Crippen molar-refractivity contribution in [2.24, 2.45) is 0 Å². The molecule has 0 unspecified atom stereocenters. The largest absolute Gasteiger partial charge is 0.494 e. The monoisotopic (exact) mass is 394 g/mol. The maximum atomic E-state index is 13.1. The molecule has 0 aliphatic carbocycles. The quantitative estimate of drug-likeness (QED) is 0.539. The summed E-state index contributed by atoms with van der Waals surface area (Å²) in [6, 6.07) is 14.7. The predicted molar refractivity (Wildman–Crippen MR) is 110 cm³/mol. The van der Waals surface area contributed by atoms with Gasteiger partial charge in [0.25, 0.3) is 0 Å². The van der Waals surface area contributed by atoms with Crippen LogP contribution in [0.2, 0.25) is 0 Å². The Labute approximate surface area is 169 Å². The van der Waals surface area contributed by atoms with Crippen molar-refractivity contribution in [3.63, 3.8) is 0 Å². The Kier molecular flexibility index (Phi) is 7.10. The first-order valence-electron chi connectivity index (χ1n) is 9.48. The van der Waals surface area contributed by atoms with Crippen molar-refractivity contribution in [3.8, 4) is 17.0 Å². The van der Waals surface area contributed by atoms with Gasteiger partial charge in [-0.25, -0.2) is 19.2 Å². The van der Waals surface area contributed by atoms with Crippen molar-refractivity contribution in [1.82, 2.24) is 15.3 Å². The summed E-state index contributed by atoms with van der Waals surface area (Å²) in [6.07, 6.45) is 3.51. The summed E-state index contributed by atoms with van der Waals surface area (Å²) < 4.78 is 18.7. The molecule has 29 heavy (non-hydrogen) atoms. The van der Waals surface area contributed by atoms with E-state index in [1.807, 2.05) is 12.1 Å². The third-order valence-electron chi connectivity index (χ3n) is 4.17. The lowest BCUT2D eigenvalue weighted by Crippen LogP contribution is -2.28. The van der Waals surface area contributed by atoms with Crippen molar-refractivity contribution in [3.05, 3.63) is 72.4 Å². The van der Waals surface area contributed by atoms with E-state index in [2.05, 4.69) is 27.5 Å². The highest BCUT2D eigenvalue weighted by atomic mass is 19.1. The smallest absolute Gasteiger partial charge is 0.319 e. The molecule has 0 saturated carbocycles. The lowest BCUT2D eigenvalue weighted by Gasteiger charge is -2.09. The molecule has 2 amide bonds. The number of unbranched alkanes of at least 4 members (excludes halogenated alkanes) is 1. The van der Waals surface area contributed by atoms with Crippen molar-refractivity contribution < 1.29 is 13.9 Å². The van der Waals surface area contributed by atoms with Gasteiger partial charge in [0.05, 0.1) is 24.5 Å². The fourth-order valence-electron chi connectivity index (χ4n) is 2.59. The number of hydrogen-bond donors (Lipinski definition) is 2. The molecule has 2 N–H and O–H groups in total. The number of benzene rings is 2. The van der Waals surface area contributed by atoms with Crippen LogP contribution in [0.25, 0.3) is 11.3 Å². The van der Waals surface area contributed by atoms with Crippen LogP contribution >= 0.6 is 0 Å². The number of ether oxygens (including phenoxy) is 1. The highest BCUT2D eigenvalue weighted by molar-refractivity contribution is 5.89. The number of rotatable bonds is 8. The number of anilines is 1. The van der Waals surface area contributed by atoms with Crippen molar-refractivity contribution in [2.75, 3.05) is 11.9 Å². The van der Waals surface area contributed by atoms with Crippen molar-refractivity contribution in [1.29, 1.82) is 0 Å². The third-order valence-corrected chi connectivity index (χ3v) is 4.17. The number of nitrogens with zero attached hydrogens (tertiary/aromatic N) is 2. The first-order valence-corrected chi connectivity index (χ1v) is 9.48. The molecular formula is C22H23FN4O2. The molecule has 2 aromatic carbocycles. The van der Waals surface area contributed by atoms with E-state index in [0.717, 1.165) is 24.2 Å². The van der Waals surface area contributed by atoms with E-state index >= 15 is 0 Å². The highest BCUT2D eigenvalue weighted by Crippen LogP contribution is 2.18. The van der Waals surface area contributed by atoms with Crippen LogP contribution < -0.4 is 15.4 Å². The topological polar surface area (TPSA) is 76.1 Å². The molecule has 0 fully saturated rings. The van der Waals surface area contributed by atoms with E-state index in [1.165, 1.54) is 18.5 Å². The van der Waals surface area contributed by atoms with Gasteiger partial charge < -0.3 is 15.4 Å². The molecule has 0 aliphatic rings. The van der Waals surface area contributed by atoms with Gasteiger partial charge >= 0.3 is 6.03 Å². The molecule has 150 valence electrons. The Morgan fingerprint density at radius 1 is 1.07 bits per heavy atom. The second-order valence-electron chi connectivity index (χ2n) is 6.44. The standard InChI is InChI=1S/C22H23FN4O2/c1-2-3-12-29-20-10-8-18(9-11-20)27-22(28)24-14-19-13-21(26-15-25-19)16-4-6-17(23)7-5-16/h4-11,13,15H,2-3,12,14H2,1H3,(H2,24,27,28). The zero-order chi connectivity index (χ0) is 20.5. The van der Waals surface area contributed by atoms with Gasteiger partial charge in [-0.15, -0.1) is 0 Å². The molecule has 0 atom stereocenters. The highest BCUT2D eigenvalue weighted by Gasteiger charge is 2.06.